The van der Waals surface area contributed by atoms with Crippen LogP contribution in [0.3, 0.4) is 0 Å². The van der Waals surface area contributed by atoms with Crippen LogP contribution < -0.4 is 5.43 Å². The van der Waals surface area contributed by atoms with Gasteiger partial charge in [0.15, 0.2) is 17.1 Å². The van der Waals surface area contributed by atoms with Gasteiger partial charge in [0.1, 0.15) is 6.54 Å². The molecule has 2 aromatic heterocycles. The van der Waals surface area contributed by atoms with Crippen LogP contribution in [0.4, 0.5) is 8.78 Å². The lowest BCUT2D eigenvalue weighted by atomic mass is 10.2. The number of pyridine rings is 1. The van der Waals surface area contributed by atoms with Gasteiger partial charge in [-0.3, -0.25) is 9.59 Å². The maximum Gasteiger partial charge on any atom is 0.325 e. The van der Waals surface area contributed by atoms with Gasteiger partial charge in [0.05, 0.1) is 21.8 Å². The number of carbonyl (C=O) groups excluding carboxylic acids is 1. The first-order valence-electron chi connectivity index (χ1n) is 7.83. The molecule has 0 N–H and O–H groups in total. The number of esters is 1. The van der Waals surface area contributed by atoms with Gasteiger partial charge in [-0.25, -0.2) is 8.78 Å². The molecule has 2 heterocycles. The molecule has 0 amide bonds. The summed E-state index contributed by atoms with van der Waals surface area (Å²) in [6.45, 7) is 1.91. The second kappa shape index (κ2) is 8.01. The molecule has 0 aliphatic heterocycles. The lowest BCUT2D eigenvalue weighted by Gasteiger charge is -2.14. The number of halogens is 2. The summed E-state index contributed by atoms with van der Waals surface area (Å²) in [5, 5.41) is 2.27. The fourth-order valence-corrected chi connectivity index (χ4v) is 4.35. The summed E-state index contributed by atoms with van der Waals surface area (Å²) in [7, 11) is 0. The zero-order valence-electron chi connectivity index (χ0n) is 13.8. The topological polar surface area (TPSA) is 48.3 Å². The van der Waals surface area contributed by atoms with Crippen molar-refractivity contribution in [1.29, 1.82) is 0 Å². The Morgan fingerprint density at radius 2 is 2.12 bits per heavy atom. The van der Waals surface area contributed by atoms with E-state index in [9.17, 15) is 18.4 Å². The maximum atomic E-state index is 13.9. The molecule has 0 fully saturated rings. The van der Waals surface area contributed by atoms with E-state index in [1.807, 2.05) is 0 Å². The summed E-state index contributed by atoms with van der Waals surface area (Å²) < 4.78 is 34.5. The van der Waals surface area contributed by atoms with Crippen molar-refractivity contribution in [1.82, 2.24) is 4.57 Å². The number of aromatic nitrogens is 1. The van der Waals surface area contributed by atoms with E-state index >= 15 is 0 Å². The molecular formula is C18H15F2NO3S2. The summed E-state index contributed by atoms with van der Waals surface area (Å²) in [5.74, 6) is -2.12. The van der Waals surface area contributed by atoms with Gasteiger partial charge in [0.25, 0.3) is 0 Å². The van der Waals surface area contributed by atoms with Crippen molar-refractivity contribution in [2.24, 2.45) is 0 Å². The van der Waals surface area contributed by atoms with Gasteiger partial charge in [-0.05, 0) is 24.4 Å². The third kappa shape index (κ3) is 3.81. The Kier molecular flexibility index (Phi) is 5.73. The SMILES string of the molecule is CCOC(=O)Cn1c(SCc2cccc(F)c2F)cc(=O)c2sccc21. The highest BCUT2D eigenvalue weighted by Gasteiger charge is 2.15. The molecule has 0 bridgehead atoms. The van der Waals surface area contributed by atoms with Crippen LogP contribution in [0.5, 0.6) is 0 Å². The molecule has 0 radical (unpaired) electrons. The summed E-state index contributed by atoms with van der Waals surface area (Å²) in [5.41, 5.74) is 0.644. The van der Waals surface area contributed by atoms with E-state index in [4.69, 9.17) is 4.74 Å². The molecule has 3 rings (SSSR count). The first kappa shape index (κ1) is 18.6. The van der Waals surface area contributed by atoms with E-state index in [1.54, 1.807) is 22.9 Å². The van der Waals surface area contributed by atoms with E-state index in [0.717, 1.165) is 6.07 Å². The molecule has 136 valence electrons. The molecule has 1 aromatic carbocycles. The summed E-state index contributed by atoms with van der Waals surface area (Å²) in [6, 6.07) is 7.15. The number of thiophene rings is 1. The standard InChI is InChI=1S/C18H15F2NO3S2/c1-2-24-16(23)9-21-13-6-7-25-18(13)14(22)8-15(21)26-10-11-4-3-5-12(19)17(11)20/h3-8H,2,9-10H2,1H3. The average molecular weight is 395 g/mol. The first-order valence-corrected chi connectivity index (χ1v) is 9.70. The number of thioether (sulfide) groups is 1. The lowest BCUT2D eigenvalue weighted by Crippen LogP contribution is -2.17. The molecule has 0 spiro atoms. The zero-order valence-corrected chi connectivity index (χ0v) is 15.5. The van der Waals surface area contributed by atoms with Crippen LogP contribution in [0.2, 0.25) is 0 Å². The van der Waals surface area contributed by atoms with Gasteiger partial charge in [-0.2, -0.15) is 0 Å². The molecule has 0 saturated carbocycles. The van der Waals surface area contributed by atoms with Crippen LogP contribution in [-0.4, -0.2) is 17.1 Å². The van der Waals surface area contributed by atoms with E-state index in [0.29, 0.717) is 15.2 Å². The number of benzene rings is 1. The Hall–Kier alpha value is -2.19. The van der Waals surface area contributed by atoms with E-state index in [-0.39, 0.29) is 29.9 Å². The number of fused-ring (bicyclic) bond motifs is 1. The van der Waals surface area contributed by atoms with Gasteiger partial charge >= 0.3 is 5.97 Å². The van der Waals surface area contributed by atoms with Crippen LogP contribution in [0.25, 0.3) is 10.2 Å². The summed E-state index contributed by atoms with van der Waals surface area (Å²) >= 11 is 2.46. The quantitative estimate of drug-likeness (QED) is 0.464. The van der Waals surface area contributed by atoms with Crippen LogP contribution in [0, 0.1) is 11.6 Å². The molecule has 0 unspecified atom stereocenters. The first-order chi connectivity index (χ1) is 12.5. The number of rotatable bonds is 6. The summed E-state index contributed by atoms with van der Waals surface area (Å²) in [4.78, 5) is 24.2. The minimum atomic E-state index is -0.916. The highest BCUT2D eigenvalue weighted by atomic mass is 32.2. The monoisotopic (exact) mass is 395 g/mol. The molecule has 0 saturated heterocycles. The Labute approximate surface area is 156 Å². The molecule has 26 heavy (non-hydrogen) atoms. The van der Waals surface area contributed by atoms with Crippen molar-refractivity contribution in [2.75, 3.05) is 6.61 Å². The number of nitrogens with zero attached hydrogens (tertiary/aromatic N) is 1. The number of carbonyl (C=O) groups is 1. The normalized spacial score (nSPS) is 11.0. The zero-order chi connectivity index (χ0) is 18.7. The second-order valence-corrected chi connectivity index (χ2v) is 7.29. The minimum absolute atomic E-state index is 0.0602. The third-order valence-corrected chi connectivity index (χ3v) is 5.69. The minimum Gasteiger partial charge on any atom is -0.465 e. The molecule has 4 nitrogen and oxygen atoms in total. The maximum absolute atomic E-state index is 13.9. The highest BCUT2D eigenvalue weighted by molar-refractivity contribution is 7.98. The Bertz CT molecular complexity index is 1010. The van der Waals surface area contributed by atoms with Crippen LogP contribution in [0.1, 0.15) is 12.5 Å². The van der Waals surface area contributed by atoms with Crippen LogP contribution in [0.15, 0.2) is 45.5 Å². The van der Waals surface area contributed by atoms with Crippen molar-refractivity contribution in [3.05, 3.63) is 63.1 Å². The highest BCUT2D eigenvalue weighted by Crippen LogP contribution is 2.28. The van der Waals surface area contributed by atoms with Crippen LogP contribution in [-0.2, 0) is 21.8 Å². The number of hydrogen-bond acceptors (Lipinski definition) is 5. The smallest absolute Gasteiger partial charge is 0.325 e. The fraction of sp³-hybridized carbons (Fsp3) is 0.222. The average Bonchev–Trinajstić information content (AvgIpc) is 3.10. The predicted octanol–water partition coefficient (Wildman–Crippen LogP) is 4.20. The van der Waals surface area contributed by atoms with Gasteiger partial charge < -0.3 is 9.30 Å². The Morgan fingerprint density at radius 1 is 1.31 bits per heavy atom. The molecule has 3 aromatic rings. The second-order valence-electron chi connectivity index (χ2n) is 5.37. The van der Waals surface area contributed by atoms with E-state index in [1.165, 1.54) is 41.3 Å². The molecule has 0 atom stereocenters. The predicted molar refractivity (Wildman–Crippen MR) is 98.6 cm³/mol. The van der Waals surface area contributed by atoms with Crippen molar-refractivity contribution in [3.8, 4) is 0 Å². The molecular weight excluding hydrogens is 380 g/mol. The van der Waals surface area contributed by atoms with Gasteiger partial charge in [-0.1, -0.05) is 12.1 Å². The van der Waals surface area contributed by atoms with Crippen molar-refractivity contribution >= 4 is 39.3 Å². The van der Waals surface area contributed by atoms with E-state index in [2.05, 4.69) is 0 Å². The van der Waals surface area contributed by atoms with Crippen molar-refractivity contribution in [2.45, 2.75) is 24.2 Å². The molecule has 8 heteroatoms. The van der Waals surface area contributed by atoms with Crippen molar-refractivity contribution in [3.63, 3.8) is 0 Å². The Morgan fingerprint density at radius 3 is 2.88 bits per heavy atom. The van der Waals surface area contributed by atoms with Crippen LogP contribution >= 0.6 is 23.1 Å². The Balaban J connectivity index is 1.97. The van der Waals surface area contributed by atoms with Crippen molar-refractivity contribution < 1.29 is 18.3 Å². The molecule has 0 aliphatic carbocycles. The number of hydrogen-bond donors (Lipinski definition) is 0. The fourth-order valence-electron chi connectivity index (χ4n) is 2.50. The number of ether oxygens (including phenoxy) is 1. The summed E-state index contributed by atoms with van der Waals surface area (Å²) in [6.07, 6.45) is 0. The third-order valence-electron chi connectivity index (χ3n) is 3.68. The molecule has 0 aliphatic rings. The largest absolute Gasteiger partial charge is 0.465 e. The lowest BCUT2D eigenvalue weighted by molar-refractivity contribution is -0.143. The van der Waals surface area contributed by atoms with Gasteiger partial charge in [-0.15, -0.1) is 23.1 Å². The van der Waals surface area contributed by atoms with Gasteiger partial charge in [0.2, 0.25) is 0 Å². The van der Waals surface area contributed by atoms with Gasteiger partial charge in [0, 0.05) is 17.4 Å². The van der Waals surface area contributed by atoms with E-state index < -0.39 is 17.6 Å².